The van der Waals surface area contributed by atoms with Gasteiger partial charge in [0, 0.05) is 22.3 Å². The molecule has 3 aromatic rings. The first-order valence-electron chi connectivity index (χ1n) is 12.4. The summed E-state index contributed by atoms with van der Waals surface area (Å²) >= 11 is 3.37. The third-order valence-electron chi connectivity index (χ3n) is 7.55. The number of esters is 1. The predicted octanol–water partition coefficient (Wildman–Crippen LogP) is 6.52. The second-order valence-corrected chi connectivity index (χ2v) is 12.2. The van der Waals surface area contributed by atoms with Gasteiger partial charge < -0.3 is 4.74 Å². The van der Waals surface area contributed by atoms with E-state index in [0.717, 1.165) is 37.1 Å². The van der Waals surface area contributed by atoms with Crippen molar-refractivity contribution < 1.29 is 9.53 Å². The van der Waals surface area contributed by atoms with Crippen LogP contribution in [0.25, 0.3) is 21.5 Å². The summed E-state index contributed by atoms with van der Waals surface area (Å²) in [5, 5.41) is 2.48. The average molecular weight is 504 g/mol. The molecule has 0 radical (unpaired) electrons. The number of hydrogen-bond acceptors (Lipinski definition) is 7. The number of carbonyl (C=O) groups excluding carboxylic acids is 1. The molecule has 2 aromatic heterocycles. The molecule has 0 N–H and O–H groups in total. The van der Waals surface area contributed by atoms with Crippen molar-refractivity contribution in [3.8, 4) is 10.6 Å². The highest BCUT2D eigenvalue weighted by atomic mass is 32.2. The SMILES string of the molecule is COC(=O)C1=CC2N=C(c3ccc4nc(-c5sc(C)nc5C)ccc4c3)C(C3CCCCC3)C2S1. The smallest absolute Gasteiger partial charge is 0.344 e. The maximum atomic E-state index is 12.2. The summed E-state index contributed by atoms with van der Waals surface area (Å²) in [4.78, 5) is 28.8. The summed E-state index contributed by atoms with van der Waals surface area (Å²) < 4.78 is 5.00. The summed E-state index contributed by atoms with van der Waals surface area (Å²) in [6.45, 7) is 4.09. The number of methoxy groups -OCH3 is 1. The van der Waals surface area contributed by atoms with Crippen LogP contribution < -0.4 is 0 Å². The van der Waals surface area contributed by atoms with E-state index in [0.29, 0.717) is 11.8 Å². The molecule has 35 heavy (non-hydrogen) atoms. The molecular weight excluding hydrogens is 474 g/mol. The summed E-state index contributed by atoms with van der Waals surface area (Å²) in [5.74, 6) is 0.739. The van der Waals surface area contributed by atoms with E-state index in [1.54, 1.807) is 23.1 Å². The van der Waals surface area contributed by atoms with E-state index in [9.17, 15) is 4.79 Å². The zero-order chi connectivity index (χ0) is 24.1. The molecule has 1 aromatic carbocycles. The first-order chi connectivity index (χ1) is 17.0. The fourth-order valence-corrected chi connectivity index (χ4v) is 8.31. The van der Waals surface area contributed by atoms with Gasteiger partial charge in [0.15, 0.2) is 0 Å². The minimum absolute atomic E-state index is 0.0461. The molecule has 3 aliphatic rings. The number of thioether (sulfide) groups is 1. The van der Waals surface area contributed by atoms with Crippen LogP contribution >= 0.6 is 23.1 Å². The largest absolute Gasteiger partial charge is 0.465 e. The monoisotopic (exact) mass is 503 g/mol. The zero-order valence-corrected chi connectivity index (χ0v) is 21.9. The Labute approximate surface area is 214 Å². The van der Waals surface area contributed by atoms with Crippen molar-refractivity contribution in [1.82, 2.24) is 9.97 Å². The quantitative estimate of drug-likeness (QED) is 0.380. The van der Waals surface area contributed by atoms with Gasteiger partial charge in [-0.1, -0.05) is 31.4 Å². The Morgan fingerprint density at radius 1 is 1.06 bits per heavy atom. The van der Waals surface area contributed by atoms with Gasteiger partial charge in [0.1, 0.15) is 0 Å². The number of carbonyl (C=O) groups is 1. The minimum atomic E-state index is -0.234. The van der Waals surface area contributed by atoms with E-state index in [-0.39, 0.29) is 17.3 Å². The molecule has 0 saturated heterocycles. The van der Waals surface area contributed by atoms with Gasteiger partial charge in [0.2, 0.25) is 0 Å². The molecular formula is C28H29N3O2S2. The van der Waals surface area contributed by atoms with Crippen LogP contribution in [0, 0.1) is 25.7 Å². The fraction of sp³-hybridized carbons (Fsp3) is 0.429. The molecule has 0 bridgehead atoms. The van der Waals surface area contributed by atoms with Crippen LogP contribution in [0.4, 0.5) is 0 Å². The number of fused-ring (bicyclic) bond motifs is 2. The molecule has 1 fully saturated rings. The number of pyridine rings is 1. The lowest BCUT2D eigenvalue weighted by Crippen LogP contribution is -2.32. The summed E-state index contributed by atoms with van der Waals surface area (Å²) in [5.41, 5.74) is 5.41. The van der Waals surface area contributed by atoms with E-state index in [2.05, 4.69) is 35.3 Å². The van der Waals surface area contributed by atoms with Gasteiger partial charge >= 0.3 is 5.97 Å². The van der Waals surface area contributed by atoms with Crippen molar-refractivity contribution in [2.75, 3.05) is 7.11 Å². The van der Waals surface area contributed by atoms with Crippen LogP contribution in [0.5, 0.6) is 0 Å². The van der Waals surface area contributed by atoms with E-state index in [1.807, 2.05) is 19.9 Å². The first kappa shape index (κ1) is 22.9. The Balaban J connectivity index is 1.37. The van der Waals surface area contributed by atoms with Gasteiger partial charge in [-0.15, -0.1) is 23.1 Å². The molecule has 2 aliphatic heterocycles. The summed E-state index contributed by atoms with van der Waals surface area (Å²) in [6.07, 6.45) is 8.41. The molecule has 1 aliphatic carbocycles. The van der Waals surface area contributed by atoms with Crippen LogP contribution in [-0.4, -0.2) is 40.1 Å². The second kappa shape index (κ2) is 9.17. The summed E-state index contributed by atoms with van der Waals surface area (Å²) in [6, 6.07) is 10.9. The maximum Gasteiger partial charge on any atom is 0.344 e. The number of thiazole rings is 1. The molecule has 6 rings (SSSR count). The van der Waals surface area contributed by atoms with Gasteiger partial charge in [0.05, 0.1) is 44.8 Å². The minimum Gasteiger partial charge on any atom is -0.465 e. The number of ether oxygens (including phenoxy) is 1. The topological polar surface area (TPSA) is 64.4 Å². The van der Waals surface area contributed by atoms with Crippen molar-refractivity contribution in [2.24, 2.45) is 16.8 Å². The Morgan fingerprint density at radius 3 is 2.63 bits per heavy atom. The molecule has 3 atom stereocenters. The van der Waals surface area contributed by atoms with Gasteiger partial charge in [0.25, 0.3) is 0 Å². The Hall–Kier alpha value is -2.51. The van der Waals surface area contributed by atoms with Crippen molar-refractivity contribution in [1.29, 1.82) is 0 Å². The number of aliphatic imine (C=N–C) groups is 1. The Bertz CT molecular complexity index is 1370. The van der Waals surface area contributed by atoms with Crippen molar-refractivity contribution >= 4 is 45.7 Å². The Kier molecular flexibility index (Phi) is 6.01. The standard InChI is InChI=1S/C28H29N3O2S2/c1-15-26(34-16(2)29-15)21-12-9-18-13-19(10-11-20(18)30-21)25-24(17-7-5-4-6-8-17)27-22(31-25)14-23(35-27)28(32)33-3/h9-14,17,22,24,27H,4-8H2,1-3H3. The molecule has 5 nitrogen and oxygen atoms in total. The normalized spacial score (nSPS) is 24.4. The molecule has 3 unspecified atom stereocenters. The van der Waals surface area contributed by atoms with Gasteiger partial charge in [-0.2, -0.15) is 0 Å². The number of rotatable bonds is 4. The van der Waals surface area contributed by atoms with Crippen molar-refractivity contribution in [2.45, 2.75) is 57.2 Å². The molecule has 7 heteroatoms. The second-order valence-electron chi connectivity index (χ2n) is 9.79. The fourth-order valence-electron chi connectivity index (χ4n) is 5.95. The van der Waals surface area contributed by atoms with E-state index < -0.39 is 0 Å². The molecule has 1 saturated carbocycles. The van der Waals surface area contributed by atoms with E-state index in [1.165, 1.54) is 50.5 Å². The number of aromatic nitrogens is 2. The number of benzene rings is 1. The predicted molar refractivity (Wildman–Crippen MR) is 144 cm³/mol. The maximum absolute atomic E-state index is 12.2. The average Bonchev–Trinajstić information content (AvgIpc) is 3.55. The zero-order valence-electron chi connectivity index (χ0n) is 20.3. The highest BCUT2D eigenvalue weighted by Crippen LogP contribution is 2.49. The van der Waals surface area contributed by atoms with Crippen LogP contribution in [0.15, 0.2) is 46.3 Å². The molecule has 0 spiro atoms. The van der Waals surface area contributed by atoms with Crippen LogP contribution in [0.1, 0.15) is 48.4 Å². The van der Waals surface area contributed by atoms with E-state index in [4.69, 9.17) is 14.7 Å². The lowest BCUT2D eigenvalue weighted by molar-refractivity contribution is -0.135. The lowest BCUT2D eigenvalue weighted by Gasteiger charge is -2.32. The Morgan fingerprint density at radius 2 is 1.89 bits per heavy atom. The molecule has 0 amide bonds. The molecule has 4 heterocycles. The van der Waals surface area contributed by atoms with Gasteiger partial charge in [-0.05, 0) is 62.4 Å². The third-order valence-corrected chi connectivity index (χ3v) is 10.0. The molecule has 180 valence electrons. The third kappa shape index (κ3) is 4.12. The highest BCUT2D eigenvalue weighted by molar-refractivity contribution is 8.05. The van der Waals surface area contributed by atoms with E-state index >= 15 is 0 Å². The van der Waals surface area contributed by atoms with Crippen molar-refractivity contribution in [3.05, 3.63) is 57.6 Å². The number of nitrogens with zero attached hydrogens (tertiary/aromatic N) is 3. The van der Waals surface area contributed by atoms with Crippen LogP contribution in [0.2, 0.25) is 0 Å². The number of aryl methyl sites for hydroxylation is 2. The van der Waals surface area contributed by atoms with Crippen LogP contribution in [0.3, 0.4) is 0 Å². The lowest BCUT2D eigenvalue weighted by atomic mass is 9.75. The van der Waals surface area contributed by atoms with Crippen LogP contribution in [-0.2, 0) is 9.53 Å². The van der Waals surface area contributed by atoms with Crippen molar-refractivity contribution in [3.63, 3.8) is 0 Å². The first-order valence-corrected chi connectivity index (χ1v) is 14.1. The number of hydrogen-bond donors (Lipinski definition) is 0. The summed E-state index contributed by atoms with van der Waals surface area (Å²) in [7, 11) is 1.46. The highest BCUT2D eigenvalue weighted by Gasteiger charge is 2.47. The van der Waals surface area contributed by atoms with Gasteiger partial charge in [-0.3, -0.25) is 4.99 Å². The van der Waals surface area contributed by atoms with Gasteiger partial charge in [-0.25, -0.2) is 14.8 Å².